The zero-order valence-corrected chi connectivity index (χ0v) is 11.1. The van der Waals surface area contributed by atoms with Crippen molar-refractivity contribution in [2.24, 2.45) is 0 Å². The highest BCUT2D eigenvalue weighted by molar-refractivity contribution is 9.10. The lowest BCUT2D eigenvalue weighted by molar-refractivity contribution is -0.400. The van der Waals surface area contributed by atoms with Crippen LogP contribution in [0.1, 0.15) is 12.5 Å². The second-order valence-corrected chi connectivity index (χ2v) is 3.92. The normalized spacial score (nSPS) is 10.5. The molecule has 1 aromatic rings. The van der Waals surface area contributed by atoms with E-state index in [9.17, 15) is 10.1 Å². The SMILES string of the molecule is CCOc1c(Br)cc(/C=C/[N+](=O)[O-])cc1OC. The van der Waals surface area contributed by atoms with Gasteiger partial charge in [0.25, 0.3) is 0 Å². The molecular weight excluding hydrogens is 290 g/mol. The topological polar surface area (TPSA) is 61.6 Å². The first-order valence-corrected chi connectivity index (χ1v) is 5.69. The van der Waals surface area contributed by atoms with E-state index in [1.165, 1.54) is 13.2 Å². The van der Waals surface area contributed by atoms with Crippen molar-refractivity contribution >= 4 is 22.0 Å². The summed E-state index contributed by atoms with van der Waals surface area (Å²) in [5, 5.41) is 10.2. The summed E-state index contributed by atoms with van der Waals surface area (Å²) in [7, 11) is 1.52. The van der Waals surface area contributed by atoms with Crippen molar-refractivity contribution in [3.8, 4) is 11.5 Å². The lowest BCUT2D eigenvalue weighted by Crippen LogP contribution is -1.97. The van der Waals surface area contributed by atoms with E-state index in [4.69, 9.17) is 9.47 Å². The Hall–Kier alpha value is -1.56. The molecule has 92 valence electrons. The minimum absolute atomic E-state index is 0.513. The van der Waals surface area contributed by atoms with Crippen LogP contribution in [-0.4, -0.2) is 18.6 Å². The third kappa shape index (κ3) is 3.74. The number of benzene rings is 1. The van der Waals surface area contributed by atoms with Gasteiger partial charge in [0.05, 0.1) is 23.1 Å². The second kappa shape index (κ2) is 6.24. The molecule has 0 aliphatic carbocycles. The molecule has 0 spiro atoms. The first-order chi connectivity index (χ1) is 8.08. The Morgan fingerprint density at radius 2 is 2.24 bits per heavy atom. The molecule has 1 aromatic carbocycles. The van der Waals surface area contributed by atoms with Gasteiger partial charge in [-0.15, -0.1) is 0 Å². The summed E-state index contributed by atoms with van der Waals surface area (Å²) < 4.78 is 11.3. The number of methoxy groups -OCH3 is 1. The van der Waals surface area contributed by atoms with Crippen LogP contribution in [0.15, 0.2) is 22.8 Å². The molecule has 0 aliphatic heterocycles. The highest BCUT2D eigenvalue weighted by Crippen LogP contribution is 2.36. The third-order valence-electron chi connectivity index (χ3n) is 1.93. The lowest BCUT2D eigenvalue weighted by Gasteiger charge is -2.11. The molecule has 0 bridgehead atoms. The minimum Gasteiger partial charge on any atom is -0.493 e. The van der Waals surface area contributed by atoms with Crippen molar-refractivity contribution in [2.75, 3.05) is 13.7 Å². The van der Waals surface area contributed by atoms with Crippen molar-refractivity contribution in [1.29, 1.82) is 0 Å². The van der Waals surface area contributed by atoms with Crippen LogP contribution in [0.2, 0.25) is 0 Å². The summed E-state index contributed by atoms with van der Waals surface area (Å²) in [6.45, 7) is 2.38. The van der Waals surface area contributed by atoms with Gasteiger partial charge < -0.3 is 9.47 Å². The Labute approximate surface area is 107 Å². The lowest BCUT2D eigenvalue weighted by atomic mass is 10.2. The molecule has 1 rings (SSSR count). The van der Waals surface area contributed by atoms with Crippen LogP contribution in [0.5, 0.6) is 11.5 Å². The summed E-state index contributed by atoms with van der Waals surface area (Å²) in [6, 6.07) is 3.41. The largest absolute Gasteiger partial charge is 0.493 e. The summed E-state index contributed by atoms with van der Waals surface area (Å²) in [6.07, 6.45) is 2.27. The third-order valence-corrected chi connectivity index (χ3v) is 2.52. The van der Waals surface area contributed by atoms with Gasteiger partial charge in [0.15, 0.2) is 11.5 Å². The minimum atomic E-state index is -0.517. The molecule has 0 heterocycles. The maximum atomic E-state index is 10.2. The van der Waals surface area contributed by atoms with Gasteiger partial charge in [-0.1, -0.05) is 0 Å². The van der Waals surface area contributed by atoms with E-state index in [-0.39, 0.29) is 0 Å². The average molecular weight is 302 g/mol. The van der Waals surface area contributed by atoms with E-state index in [1.54, 1.807) is 12.1 Å². The quantitative estimate of drug-likeness (QED) is 0.619. The molecule has 0 radical (unpaired) electrons. The number of nitro groups is 1. The number of nitrogens with zero attached hydrogens (tertiary/aromatic N) is 1. The van der Waals surface area contributed by atoms with E-state index in [2.05, 4.69) is 15.9 Å². The molecule has 0 amide bonds. The number of hydrogen-bond acceptors (Lipinski definition) is 4. The predicted molar refractivity (Wildman–Crippen MR) is 67.9 cm³/mol. The summed E-state index contributed by atoms with van der Waals surface area (Å²) in [4.78, 5) is 9.72. The van der Waals surface area contributed by atoms with Gasteiger partial charge in [-0.05, 0) is 40.5 Å². The van der Waals surface area contributed by atoms with Crippen LogP contribution < -0.4 is 9.47 Å². The van der Waals surface area contributed by atoms with Gasteiger partial charge in [-0.3, -0.25) is 10.1 Å². The maximum Gasteiger partial charge on any atom is 0.235 e. The Bertz CT molecular complexity index is 445. The van der Waals surface area contributed by atoms with Crippen LogP contribution in [-0.2, 0) is 0 Å². The van der Waals surface area contributed by atoms with Gasteiger partial charge in [-0.25, -0.2) is 0 Å². The van der Waals surface area contributed by atoms with Gasteiger partial charge >= 0.3 is 0 Å². The first kappa shape index (κ1) is 13.5. The highest BCUT2D eigenvalue weighted by Gasteiger charge is 2.10. The zero-order chi connectivity index (χ0) is 12.8. The predicted octanol–water partition coefficient (Wildman–Crippen LogP) is 3.10. The molecule has 0 saturated heterocycles. The van der Waals surface area contributed by atoms with Crippen LogP contribution in [0.3, 0.4) is 0 Å². The number of hydrogen-bond donors (Lipinski definition) is 0. The van der Waals surface area contributed by atoms with Gasteiger partial charge in [0.1, 0.15) is 0 Å². The average Bonchev–Trinajstić information content (AvgIpc) is 2.29. The molecule has 0 aromatic heterocycles. The fraction of sp³-hybridized carbons (Fsp3) is 0.273. The fourth-order valence-corrected chi connectivity index (χ4v) is 1.84. The zero-order valence-electron chi connectivity index (χ0n) is 9.47. The molecule has 0 fully saturated rings. The van der Waals surface area contributed by atoms with E-state index >= 15 is 0 Å². The van der Waals surface area contributed by atoms with Gasteiger partial charge in [-0.2, -0.15) is 0 Å². The molecule has 0 saturated carbocycles. The number of ether oxygens (including phenoxy) is 2. The standard InChI is InChI=1S/C11H12BrNO4/c1-3-17-11-9(12)6-8(4-5-13(14)15)7-10(11)16-2/h4-7H,3H2,1-2H3/b5-4+. The molecule has 0 atom stereocenters. The van der Waals surface area contributed by atoms with Crippen LogP contribution >= 0.6 is 15.9 Å². The summed E-state index contributed by atoms with van der Waals surface area (Å²) in [5.74, 6) is 1.12. The van der Waals surface area contributed by atoms with Crippen molar-refractivity contribution in [1.82, 2.24) is 0 Å². The van der Waals surface area contributed by atoms with Crippen molar-refractivity contribution in [2.45, 2.75) is 6.92 Å². The van der Waals surface area contributed by atoms with Gasteiger partial charge in [0.2, 0.25) is 6.20 Å². The van der Waals surface area contributed by atoms with Gasteiger partial charge in [0, 0.05) is 6.08 Å². The molecule has 0 aliphatic rings. The molecule has 0 N–H and O–H groups in total. The van der Waals surface area contributed by atoms with E-state index in [0.29, 0.717) is 28.1 Å². The number of rotatable bonds is 5. The Balaban J connectivity index is 3.12. The summed E-state index contributed by atoms with van der Waals surface area (Å²) >= 11 is 3.34. The van der Waals surface area contributed by atoms with Crippen LogP contribution in [0.25, 0.3) is 6.08 Å². The monoisotopic (exact) mass is 301 g/mol. The second-order valence-electron chi connectivity index (χ2n) is 3.07. The molecule has 5 nitrogen and oxygen atoms in total. The number of halogens is 1. The van der Waals surface area contributed by atoms with Crippen LogP contribution in [0.4, 0.5) is 0 Å². The highest BCUT2D eigenvalue weighted by atomic mass is 79.9. The summed E-state index contributed by atoms with van der Waals surface area (Å²) in [5.41, 5.74) is 0.661. The van der Waals surface area contributed by atoms with Crippen molar-refractivity contribution < 1.29 is 14.4 Å². The molecule has 17 heavy (non-hydrogen) atoms. The van der Waals surface area contributed by atoms with Crippen LogP contribution in [0, 0.1) is 10.1 Å². The molecular formula is C11H12BrNO4. The Kier molecular flexibility index (Phi) is 4.96. The molecule has 0 unspecified atom stereocenters. The van der Waals surface area contributed by atoms with Crippen molar-refractivity contribution in [3.63, 3.8) is 0 Å². The first-order valence-electron chi connectivity index (χ1n) is 4.90. The maximum absolute atomic E-state index is 10.2. The van der Waals surface area contributed by atoms with E-state index in [0.717, 1.165) is 6.20 Å². The Morgan fingerprint density at radius 3 is 2.76 bits per heavy atom. The van der Waals surface area contributed by atoms with E-state index in [1.807, 2.05) is 6.92 Å². The smallest absolute Gasteiger partial charge is 0.235 e. The Morgan fingerprint density at radius 1 is 1.53 bits per heavy atom. The fourth-order valence-electron chi connectivity index (χ4n) is 1.27. The van der Waals surface area contributed by atoms with Crippen molar-refractivity contribution in [3.05, 3.63) is 38.5 Å². The molecule has 6 heteroatoms. The van der Waals surface area contributed by atoms with E-state index < -0.39 is 4.92 Å².